The van der Waals surface area contributed by atoms with Gasteiger partial charge in [-0.15, -0.1) is 0 Å². The molecule has 0 spiro atoms. The molecule has 1 fully saturated rings. The maximum Gasteiger partial charge on any atom is 0.255 e. The van der Waals surface area contributed by atoms with E-state index in [1.165, 1.54) is 6.42 Å². The molecule has 2 aromatic rings. The number of carbonyl (C=O) groups excluding carboxylic acids is 1. The molecule has 138 valence electrons. The fraction of sp³-hybridized carbons (Fsp3) is 0.409. The van der Waals surface area contributed by atoms with Crippen LogP contribution in [0.15, 0.2) is 36.4 Å². The van der Waals surface area contributed by atoms with Crippen molar-refractivity contribution in [1.29, 1.82) is 0 Å². The molecule has 1 saturated heterocycles. The first kappa shape index (κ1) is 18.3. The van der Waals surface area contributed by atoms with E-state index in [1.54, 1.807) is 0 Å². The smallest absolute Gasteiger partial charge is 0.255 e. The fourth-order valence-corrected chi connectivity index (χ4v) is 3.93. The minimum absolute atomic E-state index is 0.133. The van der Waals surface area contributed by atoms with Crippen LogP contribution < -0.4 is 16.0 Å². The molecule has 3 N–H and O–H groups in total. The lowest BCUT2D eigenvalue weighted by atomic mass is 9.91. The highest BCUT2D eigenvalue weighted by Crippen LogP contribution is 2.33. The zero-order valence-electron chi connectivity index (χ0n) is 16.2. The molecule has 26 heavy (non-hydrogen) atoms. The van der Waals surface area contributed by atoms with Crippen LogP contribution in [-0.2, 0) is 0 Å². The Morgan fingerprint density at radius 3 is 2.31 bits per heavy atom. The van der Waals surface area contributed by atoms with E-state index in [2.05, 4.69) is 31.0 Å². The van der Waals surface area contributed by atoms with Crippen molar-refractivity contribution < 1.29 is 4.79 Å². The van der Waals surface area contributed by atoms with Crippen LogP contribution in [0.1, 0.15) is 41.8 Å². The summed E-state index contributed by atoms with van der Waals surface area (Å²) >= 11 is 0. The van der Waals surface area contributed by atoms with E-state index in [4.69, 9.17) is 5.73 Å². The van der Waals surface area contributed by atoms with E-state index < -0.39 is 0 Å². The van der Waals surface area contributed by atoms with Gasteiger partial charge in [0.05, 0.1) is 11.4 Å². The first-order chi connectivity index (χ1) is 12.3. The predicted octanol–water partition coefficient (Wildman–Crippen LogP) is 4.62. The Balaban J connectivity index is 1.86. The molecule has 1 aliphatic heterocycles. The van der Waals surface area contributed by atoms with Crippen molar-refractivity contribution in [2.75, 3.05) is 29.0 Å². The topological polar surface area (TPSA) is 58.4 Å². The molecule has 3 rings (SSSR count). The summed E-state index contributed by atoms with van der Waals surface area (Å²) in [5.74, 6) is 1.20. The van der Waals surface area contributed by atoms with Crippen LogP contribution in [0.5, 0.6) is 0 Å². The number of aryl methyl sites for hydroxylation is 2. The quantitative estimate of drug-likeness (QED) is 0.793. The van der Waals surface area contributed by atoms with Gasteiger partial charge in [-0.3, -0.25) is 4.79 Å². The number of amides is 1. The molecule has 0 unspecified atom stereocenters. The van der Waals surface area contributed by atoms with Gasteiger partial charge in [-0.25, -0.2) is 0 Å². The third-order valence-electron chi connectivity index (χ3n) is 5.14. The molecule has 0 saturated carbocycles. The van der Waals surface area contributed by atoms with Gasteiger partial charge in [0, 0.05) is 24.3 Å². The third kappa shape index (κ3) is 4.01. The Morgan fingerprint density at radius 2 is 1.69 bits per heavy atom. The molecule has 1 amide bonds. The molecular formula is C22H29N3O. The average Bonchev–Trinajstić information content (AvgIpc) is 2.57. The number of carbonyl (C=O) groups is 1. The van der Waals surface area contributed by atoms with Crippen LogP contribution in [0.25, 0.3) is 0 Å². The van der Waals surface area contributed by atoms with Gasteiger partial charge in [0.2, 0.25) is 0 Å². The number of piperidine rings is 1. The SMILES string of the molecule is Cc1ccc(C(=O)Nc2cc(N3C[C@H](C)C[C@H](C)C3)c(C)cc2N)cc1. The van der Waals surface area contributed by atoms with Crippen molar-refractivity contribution in [3.8, 4) is 0 Å². The molecular weight excluding hydrogens is 322 g/mol. The first-order valence-electron chi connectivity index (χ1n) is 9.36. The second-order valence-corrected chi connectivity index (χ2v) is 7.90. The largest absolute Gasteiger partial charge is 0.397 e. The second-order valence-electron chi connectivity index (χ2n) is 7.90. The zero-order valence-corrected chi connectivity index (χ0v) is 16.2. The lowest BCUT2D eigenvalue weighted by Gasteiger charge is -2.37. The summed E-state index contributed by atoms with van der Waals surface area (Å²) in [5.41, 5.74) is 11.6. The summed E-state index contributed by atoms with van der Waals surface area (Å²) in [6.45, 7) is 10.8. The van der Waals surface area contributed by atoms with E-state index in [1.807, 2.05) is 43.3 Å². The number of nitrogens with two attached hydrogens (primary N) is 1. The fourth-order valence-electron chi connectivity index (χ4n) is 3.93. The summed E-state index contributed by atoms with van der Waals surface area (Å²) in [7, 11) is 0. The van der Waals surface area contributed by atoms with Gasteiger partial charge in [0.25, 0.3) is 5.91 Å². The highest BCUT2D eigenvalue weighted by Gasteiger charge is 2.23. The highest BCUT2D eigenvalue weighted by molar-refractivity contribution is 6.06. The predicted molar refractivity (Wildman–Crippen MR) is 110 cm³/mol. The number of hydrogen-bond donors (Lipinski definition) is 2. The molecule has 4 heteroatoms. The Hall–Kier alpha value is -2.49. The summed E-state index contributed by atoms with van der Waals surface area (Å²) in [6.07, 6.45) is 1.27. The van der Waals surface area contributed by atoms with Crippen molar-refractivity contribution in [2.24, 2.45) is 11.8 Å². The molecule has 2 atom stereocenters. The summed E-state index contributed by atoms with van der Waals surface area (Å²) < 4.78 is 0. The normalized spacial score (nSPS) is 20.1. The molecule has 0 aromatic heterocycles. The van der Waals surface area contributed by atoms with E-state index in [9.17, 15) is 4.79 Å². The van der Waals surface area contributed by atoms with Gasteiger partial charge in [-0.1, -0.05) is 31.5 Å². The zero-order chi connectivity index (χ0) is 18.8. The number of rotatable bonds is 3. The molecule has 1 aliphatic rings. The molecule has 2 aromatic carbocycles. The van der Waals surface area contributed by atoms with Gasteiger partial charge in [0.1, 0.15) is 0 Å². The van der Waals surface area contributed by atoms with Gasteiger partial charge >= 0.3 is 0 Å². The van der Waals surface area contributed by atoms with Crippen molar-refractivity contribution in [3.05, 3.63) is 53.1 Å². The minimum atomic E-state index is -0.133. The van der Waals surface area contributed by atoms with E-state index in [-0.39, 0.29) is 5.91 Å². The number of nitrogens with zero attached hydrogens (tertiary/aromatic N) is 1. The maximum absolute atomic E-state index is 12.6. The Bertz CT molecular complexity index is 788. The van der Waals surface area contributed by atoms with Crippen LogP contribution in [-0.4, -0.2) is 19.0 Å². The van der Waals surface area contributed by atoms with E-state index >= 15 is 0 Å². The summed E-state index contributed by atoms with van der Waals surface area (Å²) in [5, 5.41) is 2.98. The van der Waals surface area contributed by atoms with E-state index in [0.717, 1.165) is 29.9 Å². The molecule has 0 bridgehead atoms. The summed E-state index contributed by atoms with van der Waals surface area (Å²) in [4.78, 5) is 15.0. The maximum atomic E-state index is 12.6. The van der Waals surface area contributed by atoms with E-state index in [0.29, 0.717) is 28.8 Å². The average molecular weight is 351 g/mol. The van der Waals surface area contributed by atoms with Crippen LogP contribution >= 0.6 is 0 Å². The molecule has 1 heterocycles. The number of nitrogens with one attached hydrogen (secondary N) is 1. The van der Waals surface area contributed by atoms with Crippen LogP contribution in [0.3, 0.4) is 0 Å². The Kier molecular flexibility index (Phi) is 5.21. The van der Waals surface area contributed by atoms with Gasteiger partial charge < -0.3 is 16.0 Å². The first-order valence-corrected chi connectivity index (χ1v) is 9.36. The second kappa shape index (κ2) is 7.40. The van der Waals surface area contributed by atoms with Crippen molar-refractivity contribution in [1.82, 2.24) is 0 Å². The van der Waals surface area contributed by atoms with Gasteiger partial charge in [-0.05, 0) is 61.9 Å². The number of benzene rings is 2. The van der Waals surface area contributed by atoms with Crippen LogP contribution in [0.4, 0.5) is 17.1 Å². The van der Waals surface area contributed by atoms with Crippen molar-refractivity contribution >= 4 is 23.0 Å². The van der Waals surface area contributed by atoms with Crippen molar-refractivity contribution in [2.45, 2.75) is 34.1 Å². The number of anilines is 3. The van der Waals surface area contributed by atoms with Gasteiger partial charge in [0.15, 0.2) is 0 Å². The lowest BCUT2D eigenvalue weighted by molar-refractivity contribution is 0.102. The van der Waals surface area contributed by atoms with Crippen LogP contribution in [0, 0.1) is 25.7 Å². The van der Waals surface area contributed by atoms with Gasteiger partial charge in [-0.2, -0.15) is 0 Å². The Morgan fingerprint density at radius 1 is 1.08 bits per heavy atom. The molecule has 0 radical (unpaired) electrons. The standard InChI is InChI=1S/C22H29N3O/c1-14-5-7-18(8-6-14)22(26)24-20-11-21(17(4)10-19(20)23)25-12-15(2)9-16(3)13-25/h5-8,10-11,15-16H,9,12-13,23H2,1-4H3,(H,24,26)/t15-,16+. The molecule has 4 nitrogen and oxygen atoms in total. The van der Waals surface area contributed by atoms with Crippen LogP contribution in [0.2, 0.25) is 0 Å². The Labute approximate surface area is 156 Å². The highest BCUT2D eigenvalue weighted by atomic mass is 16.1. The minimum Gasteiger partial charge on any atom is -0.397 e. The number of nitrogen functional groups attached to an aromatic ring is 1. The summed E-state index contributed by atoms with van der Waals surface area (Å²) in [6, 6.07) is 11.5. The number of hydrogen-bond acceptors (Lipinski definition) is 3. The monoisotopic (exact) mass is 351 g/mol. The third-order valence-corrected chi connectivity index (χ3v) is 5.14. The molecule has 0 aliphatic carbocycles. The lowest BCUT2D eigenvalue weighted by Crippen LogP contribution is -2.39. The van der Waals surface area contributed by atoms with Crippen molar-refractivity contribution in [3.63, 3.8) is 0 Å².